The van der Waals surface area contributed by atoms with Crippen molar-refractivity contribution < 1.29 is 9.90 Å². The Kier molecular flexibility index (Phi) is 6.59. The Labute approximate surface area is 203 Å². The third-order valence-electron chi connectivity index (χ3n) is 5.64. The summed E-state index contributed by atoms with van der Waals surface area (Å²) in [6.07, 6.45) is 2.60. The molecule has 0 aliphatic carbocycles. The number of nitrogens with zero attached hydrogens (tertiary/aromatic N) is 1. The first-order valence-corrected chi connectivity index (χ1v) is 11.6. The van der Waals surface area contributed by atoms with E-state index in [4.69, 9.17) is 23.2 Å². The lowest BCUT2D eigenvalue weighted by Gasteiger charge is -2.17. The van der Waals surface area contributed by atoms with Gasteiger partial charge in [-0.2, -0.15) is 0 Å². The van der Waals surface area contributed by atoms with Gasteiger partial charge in [0, 0.05) is 23.2 Å². The quantitative estimate of drug-likeness (QED) is 0.275. The Hall–Kier alpha value is -3.08. The molecule has 0 aliphatic heterocycles. The molecular formula is C27H24Cl2N2O2. The van der Waals surface area contributed by atoms with Gasteiger partial charge in [0.15, 0.2) is 11.5 Å². The van der Waals surface area contributed by atoms with Crippen molar-refractivity contribution in [2.45, 2.75) is 27.2 Å². The third-order valence-corrected chi connectivity index (χ3v) is 6.22. The second kappa shape index (κ2) is 9.42. The predicted octanol–water partition coefficient (Wildman–Crippen LogP) is 8.06. The minimum Gasteiger partial charge on any atom is -0.505 e. The van der Waals surface area contributed by atoms with Gasteiger partial charge in [-0.05, 0) is 59.5 Å². The van der Waals surface area contributed by atoms with Gasteiger partial charge in [-0.3, -0.25) is 9.78 Å². The van der Waals surface area contributed by atoms with Crippen LogP contribution in [0, 0.1) is 5.92 Å². The van der Waals surface area contributed by atoms with Crippen LogP contribution in [0.3, 0.4) is 0 Å². The van der Waals surface area contributed by atoms with Gasteiger partial charge in [0.2, 0.25) is 0 Å². The summed E-state index contributed by atoms with van der Waals surface area (Å²) in [6, 6.07) is 17.3. The molecule has 4 rings (SSSR count). The summed E-state index contributed by atoms with van der Waals surface area (Å²) in [7, 11) is 0. The average molecular weight is 479 g/mol. The van der Waals surface area contributed by atoms with Crippen LogP contribution in [0.25, 0.3) is 22.0 Å². The molecule has 4 nitrogen and oxygen atoms in total. The van der Waals surface area contributed by atoms with Gasteiger partial charge in [-0.25, -0.2) is 0 Å². The fraction of sp³-hybridized carbons (Fsp3) is 0.185. The number of hydrogen-bond donors (Lipinski definition) is 2. The SMILES string of the molecule is CCc1ccc(Nc2c(C(=O)C(C)C)cnc3ccc(-c4cc(Cl)c(O)c(Cl)c4)cc23)cc1. The van der Waals surface area contributed by atoms with Gasteiger partial charge in [-0.15, -0.1) is 0 Å². The Morgan fingerprint density at radius 1 is 1.00 bits per heavy atom. The topological polar surface area (TPSA) is 62.2 Å². The number of phenolic OH excluding ortho intramolecular Hbond substituents is 1. The molecular weight excluding hydrogens is 455 g/mol. The zero-order valence-corrected chi connectivity index (χ0v) is 20.1. The first kappa shape index (κ1) is 23.1. The van der Waals surface area contributed by atoms with Crippen LogP contribution in [0.4, 0.5) is 11.4 Å². The number of hydrogen-bond acceptors (Lipinski definition) is 4. The van der Waals surface area contributed by atoms with Crippen molar-refractivity contribution in [1.29, 1.82) is 0 Å². The maximum Gasteiger partial charge on any atom is 0.169 e. The van der Waals surface area contributed by atoms with E-state index in [1.54, 1.807) is 18.3 Å². The number of aromatic hydroxyl groups is 1. The smallest absolute Gasteiger partial charge is 0.169 e. The van der Waals surface area contributed by atoms with Crippen molar-refractivity contribution in [1.82, 2.24) is 4.98 Å². The van der Waals surface area contributed by atoms with Gasteiger partial charge in [0.25, 0.3) is 0 Å². The van der Waals surface area contributed by atoms with Crippen LogP contribution in [-0.4, -0.2) is 15.9 Å². The molecule has 0 atom stereocenters. The van der Waals surface area contributed by atoms with Crippen molar-refractivity contribution in [3.63, 3.8) is 0 Å². The standard InChI is InChI=1S/C27H24Cl2N2O2/c1-4-16-5-8-19(9-6-16)31-25-20-11-17(18-12-22(28)27(33)23(29)13-18)7-10-24(20)30-14-21(25)26(32)15(2)3/h5-15,33H,4H2,1-3H3,(H,30,31). The molecule has 0 fully saturated rings. The number of fused-ring (bicyclic) bond motifs is 1. The Bertz CT molecular complexity index is 1330. The summed E-state index contributed by atoms with van der Waals surface area (Å²) in [5.74, 6) is -0.310. The molecule has 0 amide bonds. The summed E-state index contributed by atoms with van der Waals surface area (Å²) in [6.45, 7) is 5.87. The van der Waals surface area contributed by atoms with Crippen molar-refractivity contribution in [3.8, 4) is 16.9 Å². The maximum absolute atomic E-state index is 13.0. The summed E-state index contributed by atoms with van der Waals surface area (Å²) >= 11 is 12.3. The summed E-state index contributed by atoms with van der Waals surface area (Å²) in [5.41, 5.74) is 5.72. The van der Waals surface area contributed by atoms with Crippen molar-refractivity contribution >= 4 is 51.3 Å². The lowest BCUT2D eigenvalue weighted by molar-refractivity contribution is 0.0940. The number of rotatable bonds is 6. The van der Waals surface area contributed by atoms with Crippen LogP contribution in [0.5, 0.6) is 5.75 Å². The van der Waals surface area contributed by atoms with E-state index in [0.717, 1.165) is 34.1 Å². The first-order chi connectivity index (χ1) is 15.8. The van der Waals surface area contributed by atoms with Gasteiger partial charge in [-0.1, -0.05) is 62.2 Å². The maximum atomic E-state index is 13.0. The number of aryl methyl sites for hydroxylation is 1. The van der Waals surface area contributed by atoms with Crippen molar-refractivity contribution in [3.05, 3.63) is 82.0 Å². The molecule has 2 N–H and O–H groups in total. The fourth-order valence-electron chi connectivity index (χ4n) is 3.70. The lowest BCUT2D eigenvalue weighted by atomic mass is 9.96. The number of pyridine rings is 1. The number of carbonyl (C=O) groups is 1. The minimum atomic E-state index is -0.176. The Morgan fingerprint density at radius 3 is 2.27 bits per heavy atom. The lowest BCUT2D eigenvalue weighted by Crippen LogP contribution is -2.11. The van der Waals surface area contributed by atoms with Gasteiger partial charge >= 0.3 is 0 Å². The molecule has 0 unspecified atom stereocenters. The molecule has 0 spiro atoms. The van der Waals surface area contributed by atoms with Crippen molar-refractivity contribution in [2.75, 3.05) is 5.32 Å². The molecule has 3 aromatic carbocycles. The van der Waals surface area contributed by atoms with Crippen LogP contribution in [-0.2, 0) is 6.42 Å². The Balaban J connectivity index is 1.91. The molecule has 0 aliphatic rings. The highest BCUT2D eigenvalue weighted by Crippen LogP contribution is 2.38. The van der Waals surface area contributed by atoms with Gasteiger partial charge in [0.1, 0.15) is 0 Å². The van der Waals surface area contributed by atoms with E-state index in [0.29, 0.717) is 11.3 Å². The van der Waals surface area contributed by atoms with E-state index in [1.165, 1.54) is 5.56 Å². The van der Waals surface area contributed by atoms with E-state index in [9.17, 15) is 9.90 Å². The van der Waals surface area contributed by atoms with Crippen molar-refractivity contribution in [2.24, 2.45) is 5.92 Å². The summed E-state index contributed by atoms with van der Waals surface area (Å²) < 4.78 is 0. The molecule has 33 heavy (non-hydrogen) atoms. The van der Waals surface area contributed by atoms with Crippen LogP contribution < -0.4 is 5.32 Å². The monoisotopic (exact) mass is 478 g/mol. The number of nitrogens with one attached hydrogen (secondary N) is 1. The van der Waals surface area contributed by atoms with Crippen LogP contribution in [0.1, 0.15) is 36.7 Å². The van der Waals surface area contributed by atoms with Crippen LogP contribution >= 0.6 is 23.2 Å². The highest BCUT2D eigenvalue weighted by atomic mass is 35.5. The molecule has 0 radical (unpaired) electrons. The first-order valence-electron chi connectivity index (χ1n) is 10.8. The molecule has 0 saturated heterocycles. The molecule has 0 bridgehead atoms. The number of halogens is 2. The normalized spacial score (nSPS) is 11.2. The second-order valence-corrected chi connectivity index (χ2v) is 9.08. The van der Waals surface area contributed by atoms with Crippen LogP contribution in [0.2, 0.25) is 10.0 Å². The largest absolute Gasteiger partial charge is 0.505 e. The van der Waals surface area contributed by atoms with Gasteiger partial charge < -0.3 is 10.4 Å². The zero-order chi connectivity index (χ0) is 23.7. The number of anilines is 2. The highest BCUT2D eigenvalue weighted by Gasteiger charge is 2.19. The highest BCUT2D eigenvalue weighted by molar-refractivity contribution is 6.37. The average Bonchev–Trinajstić information content (AvgIpc) is 2.82. The number of Topliss-reactive ketones (excluding diaryl/α,β-unsaturated/α-hetero) is 1. The summed E-state index contributed by atoms with van der Waals surface area (Å²) in [4.78, 5) is 17.6. The molecule has 1 heterocycles. The van der Waals surface area contributed by atoms with Crippen LogP contribution in [0.15, 0.2) is 60.8 Å². The fourth-order valence-corrected chi connectivity index (χ4v) is 4.19. The molecule has 168 valence electrons. The van der Waals surface area contributed by atoms with E-state index < -0.39 is 0 Å². The molecule has 6 heteroatoms. The predicted molar refractivity (Wildman–Crippen MR) is 137 cm³/mol. The molecule has 0 saturated carbocycles. The second-order valence-electron chi connectivity index (χ2n) is 8.26. The number of phenols is 1. The number of ketones is 1. The number of carbonyl (C=O) groups excluding carboxylic acids is 1. The Morgan fingerprint density at radius 2 is 1.67 bits per heavy atom. The zero-order valence-electron chi connectivity index (χ0n) is 18.6. The number of aromatic nitrogens is 1. The minimum absolute atomic E-state index is 0.0122. The summed E-state index contributed by atoms with van der Waals surface area (Å²) in [5, 5.41) is 14.5. The number of benzene rings is 3. The van der Waals surface area contributed by atoms with E-state index in [2.05, 4.69) is 29.4 Å². The molecule has 4 aromatic rings. The van der Waals surface area contributed by atoms with E-state index in [-0.39, 0.29) is 27.5 Å². The third kappa shape index (κ3) is 4.68. The van der Waals surface area contributed by atoms with Gasteiger partial charge in [0.05, 0.1) is 26.8 Å². The van der Waals surface area contributed by atoms with E-state index in [1.807, 2.05) is 44.2 Å². The van der Waals surface area contributed by atoms with E-state index >= 15 is 0 Å². The molecule has 1 aromatic heterocycles.